The van der Waals surface area contributed by atoms with Gasteiger partial charge < -0.3 is 15.2 Å². The second-order valence-corrected chi connectivity index (χ2v) is 10.0. The molecule has 0 spiro atoms. The van der Waals surface area contributed by atoms with E-state index in [0.29, 0.717) is 55.8 Å². The summed E-state index contributed by atoms with van der Waals surface area (Å²) < 4.78 is 84.3. The van der Waals surface area contributed by atoms with Crippen molar-refractivity contribution < 1.29 is 41.0 Å². The van der Waals surface area contributed by atoms with Crippen LogP contribution in [-0.2, 0) is 23.6 Å². The number of halogens is 6. The molecule has 1 amide bonds. The van der Waals surface area contributed by atoms with E-state index in [1.165, 1.54) is 0 Å². The number of benzene rings is 1. The zero-order chi connectivity index (χ0) is 26.1. The number of amidine groups is 1. The molecule has 0 bridgehead atoms. The lowest BCUT2D eigenvalue weighted by atomic mass is 9.95. The van der Waals surface area contributed by atoms with Crippen LogP contribution >= 0.6 is 11.8 Å². The number of aliphatic imine (C=N–C) groups is 1. The molecule has 3 aliphatic heterocycles. The Bertz CT molecular complexity index is 1030. The molecule has 2 N–H and O–H groups in total. The van der Waals surface area contributed by atoms with Crippen LogP contribution in [0.1, 0.15) is 36.0 Å². The minimum Gasteiger partial charge on any atom is -0.389 e. The Morgan fingerprint density at radius 2 is 1.86 bits per heavy atom. The average Bonchev–Trinajstić information content (AvgIpc) is 3.14. The van der Waals surface area contributed by atoms with Gasteiger partial charge in [0, 0.05) is 13.2 Å². The van der Waals surface area contributed by atoms with E-state index in [9.17, 15) is 36.2 Å². The molecule has 3 heterocycles. The summed E-state index contributed by atoms with van der Waals surface area (Å²) in [5, 5.41) is 12.8. The third-order valence-corrected chi connectivity index (χ3v) is 7.25. The van der Waals surface area contributed by atoms with Crippen LogP contribution in [0.3, 0.4) is 0 Å². The van der Waals surface area contributed by atoms with Crippen molar-refractivity contribution in [2.45, 2.75) is 50.3 Å². The average molecular weight is 538 g/mol. The summed E-state index contributed by atoms with van der Waals surface area (Å²) in [5.41, 5.74) is -2.80. The van der Waals surface area contributed by atoms with Crippen LogP contribution in [0.2, 0.25) is 0 Å². The monoisotopic (exact) mass is 537 g/mol. The maximum atomic E-state index is 13.5. The predicted molar refractivity (Wildman–Crippen MR) is 121 cm³/mol. The topological polar surface area (TPSA) is 74.2 Å². The number of allylic oxidation sites excluding steroid dienone is 1. The van der Waals surface area contributed by atoms with Gasteiger partial charge in [-0.3, -0.25) is 9.69 Å². The molecular formula is C23H25F6N3O3S. The zero-order valence-corrected chi connectivity index (χ0v) is 19.8. The highest BCUT2D eigenvalue weighted by atomic mass is 32.2. The highest BCUT2D eigenvalue weighted by molar-refractivity contribution is 8.18. The molecule has 0 saturated carbocycles. The van der Waals surface area contributed by atoms with E-state index >= 15 is 0 Å². The van der Waals surface area contributed by atoms with Crippen LogP contribution in [0.15, 0.2) is 34.2 Å². The molecule has 1 aromatic carbocycles. The Morgan fingerprint density at radius 3 is 2.50 bits per heavy atom. The molecule has 0 unspecified atom stereocenters. The number of hydrogen-bond acceptors (Lipinski definition) is 6. The van der Waals surface area contributed by atoms with Crippen LogP contribution in [-0.4, -0.2) is 59.5 Å². The van der Waals surface area contributed by atoms with E-state index in [4.69, 9.17) is 4.74 Å². The number of hydrogen-bond donors (Lipinski definition) is 2. The number of piperidine rings is 1. The number of rotatable bonds is 4. The Kier molecular flexibility index (Phi) is 8.03. The molecule has 2 atom stereocenters. The van der Waals surface area contributed by atoms with Crippen molar-refractivity contribution in [1.29, 1.82) is 0 Å². The molecule has 2 saturated heterocycles. The van der Waals surface area contributed by atoms with Gasteiger partial charge >= 0.3 is 17.6 Å². The Morgan fingerprint density at radius 1 is 1.14 bits per heavy atom. The first kappa shape index (κ1) is 27.0. The molecule has 3 aliphatic rings. The smallest absolute Gasteiger partial charge is 0.389 e. The van der Waals surface area contributed by atoms with Gasteiger partial charge in [0.15, 0.2) is 0 Å². The highest BCUT2D eigenvalue weighted by Gasteiger charge is 2.38. The van der Waals surface area contributed by atoms with E-state index in [-0.39, 0.29) is 42.0 Å². The maximum absolute atomic E-state index is 13.5. The molecule has 4 rings (SSSR count). The Hall–Kier alpha value is -2.09. The summed E-state index contributed by atoms with van der Waals surface area (Å²) in [6.45, 7) is 1.46. The standard InChI is InChI=1S/C23H25F6N3O3S/c24-22(25,26)15-2-1-14(16(10-15)23(27,28)29)11-32-6-3-13(4-7-32)9-19-20(31-21(34)36-19)30-17-5-8-35-12-18(17)33/h1-2,9-10,13,17-18,33H,3-8,11-12H2,(H,30,31,34)/b19-9-/t17-,18-/m0/s1. The van der Waals surface area contributed by atoms with Crippen molar-refractivity contribution in [1.82, 2.24) is 10.2 Å². The molecule has 36 heavy (non-hydrogen) atoms. The molecular weight excluding hydrogens is 512 g/mol. The first-order valence-corrected chi connectivity index (χ1v) is 12.3. The second kappa shape index (κ2) is 10.7. The van der Waals surface area contributed by atoms with Gasteiger partial charge in [0.1, 0.15) is 5.84 Å². The fourth-order valence-corrected chi connectivity index (χ4v) is 5.27. The van der Waals surface area contributed by atoms with Gasteiger partial charge in [0.05, 0.1) is 34.8 Å². The van der Waals surface area contributed by atoms with E-state index in [2.05, 4.69) is 10.3 Å². The molecule has 13 heteroatoms. The number of nitrogens with one attached hydrogen (secondary N) is 1. The van der Waals surface area contributed by atoms with E-state index in [0.717, 1.165) is 17.8 Å². The molecule has 198 valence electrons. The van der Waals surface area contributed by atoms with Crippen molar-refractivity contribution in [3.8, 4) is 0 Å². The normalized spacial score (nSPS) is 25.9. The van der Waals surface area contributed by atoms with Crippen molar-refractivity contribution in [2.75, 3.05) is 26.3 Å². The first-order chi connectivity index (χ1) is 16.9. The fraction of sp³-hybridized carbons (Fsp3) is 0.565. The lowest BCUT2D eigenvalue weighted by Crippen LogP contribution is -2.48. The van der Waals surface area contributed by atoms with Crippen LogP contribution in [0.5, 0.6) is 0 Å². The maximum Gasteiger partial charge on any atom is 0.416 e. The van der Waals surface area contributed by atoms with Crippen molar-refractivity contribution in [3.05, 3.63) is 45.9 Å². The number of amides is 1. The lowest BCUT2D eigenvalue weighted by molar-refractivity contribution is -0.143. The largest absolute Gasteiger partial charge is 0.416 e. The number of ether oxygens (including phenoxy) is 1. The summed E-state index contributed by atoms with van der Waals surface area (Å²) in [5.74, 6) is 0.453. The van der Waals surface area contributed by atoms with Crippen molar-refractivity contribution in [3.63, 3.8) is 0 Å². The van der Waals surface area contributed by atoms with Crippen molar-refractivity contribution in [2.24, 2.45) is 10.9 Å². The summed E-state index contributed by atoms with van der Waals surface area (Å²) in [6, 6.07) is 1.46. The van der Waals surface area contributed by atoms with E-state index in [1.54, 1.807) is 4.90 Å². The highest BCUT2D eigenvalue weighted by Crippen LogP contribution is 2.38. The number of carbonyl (C=O) groups excluding carboxylic acids is 1. The molecule has 0 aromatic heterocycles. The quantitative estimate of drug-likeness (QED) is 0.537. The third-order valence-electron chi connectivity index (χ3n) is 6.44. The summed E-state index contributed by atoms with van der Waals surface area (Å²) in [7, 11) is 0. The molecule has 2 fully saturated rings. The van der Waals surface area contributed by atoms with Crippen LogP contribution in [0, 0.1) is 5.92 Å². The van der Waals surface area contributed by atoms with E-state index in [1.807, 2.05) is 6.08 Å². The van der Waals surface area contributed by atoms with Gasteiger partial charge in [-0.1, -0.05) is 12.1 Å². The predicted octanol–water partition coefficient (Wildman–Crippen LogP) is 4.82. The Labute approximate surface area is 207 Å². The Balaban J connectivity index is 1.39. The fourth-order valence-electron chi connectivity index (χ4n) is 4.48. The molecule has 1 aromatic rings. The van der Waals surface area contributed by atoms with Gasteiger partial charge in [-0.05, 0) is 67.7 Å². The minimum atomic E-state index is -4.90. The molecule has 0 radical (unpaired) electrons. The number of likely N-dealkylation sites (tertiary alicyclic amines) is 1. The first-order valence-electron chi connectivity index (χ1n) is 11.4. The molecule has 6 nitrogen and oxygen atoms in total. The van der Waals surface area contributed by atoms with Gasteiger partial charge in [-0.25, -0.2) is 0 Å². The van der Waals surface area contributed by atoms with E-state index < -0.39 is 29.6 Å². The number of alkyl halides is 6. The molecule has 0 aliphatic carbocycles. The van der Waals surface area contributed by atoms with Crippen LogP contribution < -0.4 is 5.32 Å². The van der Waals surface area contributed by atoms with Gasteiger partial charge in [-0.2, -0.15) is 31.3 Å². The summed E-state index contributed by atoms with van der Waals surface area (Å²) in [4.78, 5) is 18.4. The van der Waals surface area contributed by atoms with Crippen LogP contribution in [0.25, 0.3) is 0 Å². The van der Waals surface area contributed by atoms with Gasteiger partial charge in [-0.15, -0.1) is 0 Å². The third kappa shape index (κ3) is 6.61. The number of thioether (sulfide) groups is 1. The van der Waals surface area contributed by atoms with Crippen molar-refractivity contribution >= 4 is 22.8 Å². The second-order valence-electron chi connectivity index (χ2n) is 9.02. The number of aliphatic hydroxyl groups is 1. The number of aliphatic hydroxyl groups excluding tert-OH is 1. The van der Waals surface area contributed by atoms with Gasteiger partial charge in [0.25, 0.3) is 0 Å². The zero-order valence-electron chi connectivity index (χ0n) is 19.0. The van der Waals surface area contributed by atoms with Crippen LogP contribution in [0.4, 0.5) is 31.1 Å². The SMILES string of the molecule is O=C1N=C(N[C@H]2CCOC[C@@H]2O)/C(=C/C2CCN(Cc3ccc(C(F)(F)F)cc3C(F)(F)F)CC2)S1. The van der Waals surface area contributed by atoms with Gasteiger partial charge in [0.2, 0.25) is 0 Å². The minimum absolute atomic E-state index is 0.0518. The number of nitrogens with zero attached hydrogens (tertiary/aromatic N) is 2. The summed E-state index contributed by atoms with van der Waals surface area (Å²) >= 11 is 0.981. The number of carbonyl (C=O) groups is 1. The lowest BCUT2D eigenvalue weighted by Gasteiger charge is -2.32. The summed E-state index contributed by atoms with van der Waals surface area (Å²) in [6.07, 6.45) is -6.78.